The zero-order valence-electron chi connectivity index (χ0n) is 17.5. The number of nitrogens with zero attached hydrogens (tertiary/aromatic N) is 3. The van der Waals surface area contributed by atoms with Crippen molar-refractivity contribution in [1.82, 2.24) is 15.0 Å². The lowest BCUT2D eigenvalue weighted by atomic mass is 9.95. The maximum Gasteiger partial charge on any atom is 0.417 e. The lowest BCUT2D eigenvalue weighted by molar-refractivity contribution is -0.137. The number of nitrogens with one attached hydrogen (secondary N) is 1. The molecule has 0 unspecified atom stereocenters. The highest BCUT2D eigenvalue weighted by Gasteiger charge is 2.34. The summed E-state index contributed by atoms with van der Waals surface area (Å²) in [5.74, 6) is 0.108. The van der Waals surface area contributed by atoms with Crippen LogP contribution in [0, 0.1) is 5.92 Å². The van der Waals surface area contributed by atoms with Crippen LogP contribution in [0.15, 0.2) is 40.9 Å². The summed E-state index contributed by atoms with van der Waals surface area (Å²) in [6.45, 7) is 1.58. The van der Waals surface area contributed by atoms with E-state index in [2.05, 4.69) is 20.4 Å². The number of piperidine rings is 1. The van der Waals surface area contributed by atoms with Gasteiger partial charge >= 0.3 is 6.18 Å². The number of likely N-dealkylation sites (tertiary alicyclic amines) is 1. The highest BCUT2D eigenvalue weighted by atomic mass is 35.5. The number of hydrogen-bond donors (Lipinski definition) is 1. The van der Waals surface area contributed by atoms with Crippen molar-refractivity contribution in [2.75, 3.05) is 18.4 Å². The number of amides is 1. The van der Waals surface area contributed by atoms with E-state index in [-0.39, 0.29) is 17.5 Å². The van der Waals surface area contributed by atoms with Gasteiger partial charge in [0.25, 0.3) is 0 Å². The molecule has 12 heteroatoms. The van der Waals surface area contributed by atoms with Crippen molar-refractivity contribution in [2.45, 2.75) is 25.6 Å². The quantitative estimate of drug-likeness (QED) is 0.402. The van der Waals surface area contributed by atoms with Crippen molar-refractivity contribution in [3.05, 3.63) is 62.9 Å². The van der Waals surface area contributed by atoms with Crippen LogP contribution in [0.4, 0.5) is 18.9 Å². The first-order valence-electron chi connectivity index (χ1n) is 10.3. The SMILES string of the molecule is O=C(Nc1ccc(Cl)c(C(F)(F)F)c1)C1CCN(Cc2nc(-c3ccc(Cl)cc3Cl)no2)CC1. The van der Waals surface area contributed by atoms with Crippen LogP contribution in [0.25, 0.3) is 11.4 Å². The van der Waals surface area contributed by atoms with Crippen LogP contribution in [-0.4, -0.2) is 34.0 Å². The molecule has 180 valence electrons. The summed E-state index contributed by atoms with van der Waals surface area (Å²) in [5, 5.41) is 7.03. The van der Waals surface area contributed by atoms with Crippen LogP contribution in [0.2, 0.25) is 15.1 Å². The monoisotopic (exact) mass is 532 g/mol. The summed E-state index contributed by atoms with van der Waals surface area (Å²) < 4.78 is 44.5. The average Bonchev–Trinajstić information content (AvgIpc) is 3.23. The number of halogens is 6. The molecule has 0 saturated carbocycles. The number of aromatic nitrogens is 2. The molecule has 0 radical (unpaired) electrons. The Kier molecular flexibility index (Phi) is 7.37. The normalized spacial score (nSPS) is 15.5. The number of rotatable bonds is 5. The lowest BCUT2D eigenvalue weighted by Crippen LogP contribution is -2.37. The third-order valence-electron chi connectivity index (χ3n) is 5.50. The van der Waals surface area contributed by atoms with Gasteiger partial charge in [0.15, 0.2) is 0 Å². The van der Waals surface area contributed by atoms with Crippen molar-refractivity contribution in [1.29, 1.82) is 0 Å². The highest BCUT2D eigenvalue weighted by molar-refractivity contribution is 6.36. The standard InChI is InChI=1S/C22H18Cl3F3N4O2/c23-13-1-3-15(18(25)9-13)20-30-19(34-31-20)11-32-7-5-12(6-8-32)21(33)29-14-2-4-17(24)16(10-14)22(26,27)28/h1-4,9-10,12H,5-8,11H2,(H,29,33). The third kappa shape index (κ3) is 5.83. The Morgan fingerprint density at radius 2 is 1.82 bits per heavy atom. The van der Waals surface area contributed by atoms with Gasteiger partial charge in [-0.3, -0.25) is 9.69 Å². The first-order chi connectivity index (χ1) is 16.1. The molecular weight excluding hydrogens is 516 g/mol. The van der Waals surface area contributed by atoms with Crippen LogP contribution in [-0.2, 0) is 17.5 Å². The predicted molar refractivity (Wildman–Crippen MR) is 123 cm³/mol. The zero-order chi connectivity index (χ0) is 24.5. The van der Waals surface area contributed by atoms with Gasteiger partial charge in [0.05, 0.1) is 22.2 Å². The predicted octanol–water partition coefficient (Wildman–Crippen LogP) is 6.57. The van der Waals surface area contributed by atoms with Crippen molar-refractivity contribution >= 4 is 46.4 Å². The van der Waals surface area contributed by atoms with E-state index < -0.39 is 16.8 Å². The Labute approximate surface area is 208 Å². The Bertz CT molecular complexity index is 1190. The lowest BCUT2D eigenvalue weighted by Gasteiger charge is -2.30. The largest absolute Gasteiger partial charge is 0.417 e. The molecule has 0 atom stereocenters. The molecule has 1 fully saturated rings. The molecule has 2 aromatic carbocycles. The average molecular weight is 534 g/mol. The van der Waals surface area contributed by atoms with Crippen molar-refractivity contribution < 1.29 is 22.5 Å². The first kappa shape index (κ1) is 24.8. The van der Waals surface area contributed by atoms with Gasteiger partial charge in [-0.25, -0.2) is 0 Å². The number of carbonyl (C=O) groups excluding carboxylic acids is 1. The molecule has 0 bridgehead atoms. The Morgan fingerprint density at radius 3 is 2.50 bits per heavy atom. The summed E-state index contributed by atoms with van der Waals surface area (Å²) >= 11 is 17.7. The number of hydrogen-bond acceptors (Lipinski definition) is 5. The fourth-order valence-electron chi connectivity index (χ4n) is 3.71. The maximum absolute atomic E-state index is 13.0. The van der Waals surface area contributed by atoms with E-state index in [1.807, 2.05) is 0 Å². The summed E-state index contributed by atoms with van der Waals surface area (Å²) in [6.07, 6.45) is -3.53. The van der Waals surface area contributed by atoms with Gasteiger partial charge in [-0.05, 0) is 62.3 Å². The summed E-state index contributed by atoms with van der Waals surface area (Å²) in [4.78, 5) is 19.0. The van der Waals surface area contributed by atoms with E-state index in [9.17, 15) is 18.0 Å². The number of alkyl halides is 3. The van der Waals surface area contributed by atoms with Gasteiger partial charge < -0.3 is 9.84 Å². The fourth-order valence-corrected chi connectivity index (χ4v) is 4.43. The van der Waals surface area contributed by atoms with Gasteiger partial charge in [-0.1, -0.05) is 40.0 Å². The maximum atomic E-state index is 13.0. The molecular formula is C22H18Cl3F3N4O2. The number of carbonyl (C=O) groups is 1. The molecule has 1 aromatic heterocycles. The molecule has 1 saturated heterocycles. The Morgan fingerprint density at radius 1 is 1.09 bits per heavy atom. The minimum absolute atomic E-state index is 0.0587. The second-order valence-electron chi connectivity index (χ2n) is 7.87. The van der Waals surface area contributed by atoms with Crippen LogP contribution in [0.5, 0.6) is 0 Å². The van der Waals surface area contributed by atoms with E-state index >= 15 is 0 Å². The van der Waals surface area contributed by atoms with Crippen LogP contribution in [0.1, 0.15) is 24.3 Å². The minimum atomic E-state index is -4.60. The molecule has 1 aliphatic rings. The molecule has 3 aromatic rings. The van der Waals surface area contributed by atoms with E-state index in [1.165, 1.54) is 6.07 Å². The Hall–Kier alpha value is -2.33. The van der Waals surface area contributed by atoms with Crippen LogP contribution >= 0.6 is 34.8 Å². The number of benzene rings is 2. The molecule has 4 rings (SSSR count). The molecule has 6 nitrogen and oxygen atoms in total. The third-order valence-corrected chi connectivity index (χ3v) is 6.37. The number of anilines is 1. The summed E-state index contributed by atoms with van der Waals surface area (Å²) in [5.41, 5.74) is -0.323. The molecule has 1 amide bonds. The van der Waals surface area contributed by atoms with Gasteiger partial charge in [-0.15, -0.1) is 0 Å². The van der Waals surface area contributed by atoms with Gasteiger partial charge in [-0.2, -0.15) is 18.2 Å². The van der Waals surface area contributed by atoms with Crippen molar-refractivity contribution in [3.63, 3.8) is 0 Å². The van der Waals surface area contributed by atoms with E-state index in [1.54, 1.807) is 18.2 Å². The van der Waals surface area contributed by atoms with E-state index in [0.29, 0.717) is 59.8 Å². The zero-order valence-corrected chi connectivity index (χ0v) is 19.8. The second kappa shape index (κ2) is 10.1. The van der Waals surface area contributed by atoms with E-state index in [4.69, 9.17) is 39.3 Å². The van der Waals surface area contributed by atoms with Crippen molar-refractivity contribution in [2.24, 2.45) is 5.92 Å². The highest BCUT2D eigenvalue weighted by Crippen LogP contribution is 2.36. The van der Waals surface area contributed by atoms with Gasteiger partial charge in [0.2, 0.25) is 17.6 Å². The van der Waals surface area contributed by atoms with E-state index in [0.717, 1.165) is 12.1 Å². The fraction of sp³-hybridized carbons (Fsp3) is 0.318. The van der Waals surface area contributed by atoms with Crippen LogP contribution in [0.3, 0.4) is 0 Å². The molecule has 0 aliphatic carbocycles. The first-order valence-corrected chi connectivity index (χ1v) is 11.4. The van der Waals surface area contributed by atoms with Gasteiger partial charge in [0.1, 0.15) is 0 Å². The topological polar surface area (TPSA) is 71.3 Å². The summed E-state index contributed by atoms with van der Waals surface area (Å²) in [7, 11) is 0. The smallest absolute Gasteiger partial charge is 0.338 e. The second-order valence-corrected chi connectivity index (χ2v) is 9.12. The van der Waals surface area contributed by atoms with Crippen molar-refractivity contribution in [3.8, 4) is 11.4 Å². The van der Waals surface area contributed by atoms with Crippen LogP contribution < -0.4 is 5.32 Å². The molecule has 2 heterocycles. The minimum Gasteiger partial charge on any atom is -0.338 e. The molecule has 1 N–H and O–H groups in total. The Balaban J connectivity index is 1.32. The molecule has 1 aliphatic heterocycles. The molecule has 0 spiro atoms. The summed E-state index contributed by atoms with van der Waals surface area (Å²) in [6, 6.07) is 8.31. The molecule has 34 heavy (non-hydrogen) atoms. The van der Waals surface area contributed by atoms with Gasteiger partial charge in [0, 0.05) is 22.2 Å².